The molecule has 0 spiro atoms. The first-order valence-corrected chi connectivity index (χ1v) is 8.74. The molecular formula is C20H26O4. The van der Waals surface area contributed by atoms with E-state index < -0.39 is 5.41 Å². The standard InChI is InChI=1S/C20H26O4/c1-20(19(22)24-3)10-8-16-15-7-5-14(23-2)12-13(15)4-6-17(16)18(20)9-11-21/h5,7,11-12,16-18H,4,6,8-10H2,1-3H3/t16-,17-,18+,20+/m1/s1. The Bertz CT molecular complexity index is 639. The van der Waals surface area contributed by atoms with Gasteiger partial charge in [0.25, 0.3) is 0 Å². The molecule has 0 unspecified atom stereocenters. The van der Waals surface area contributed by atoms with Crippen molar-refractivity contribution in [3.63, 3.8) is 0 Å². The van der Waals surface area contributed by atoms with E-state index in [2.05, 4.69) is 12.1 Å². The average Bonchev–Trinajstić information content (AvgIpc) is 2.62. The molecule has 4 atom stereocenters. The van der Waals surface area contributed by atoms with Gasteiger partial charge in [0.2, 0.25) is 0 Å². The number of methoxy groups -OCH3 is 2. The Balaban J connectivity index is 1.96. The summed E-state index contributed by atoms with van der Waals surface area (Å²) in [6.45, 7) is 1.98. The van der Waals surface area contributed by atoms with Crippen LogP contribution in [0.1, 0.15) is 49.7 Å². The van der Waals surface area contributed by atoms with E-state index in [1.807, 2.05) is 13.0 Å². The van der Waals surface area contributed by atoms with Crippen molar-refractivity contribution in [3.05, 3.63) is 29.3 Å². The highest BCUT2D eigenvalue weighted by molar-refractivity contribution is 5.77. The van der Waals surface area contributed by atoms with Gasteiger partial charge in [0.15, 0.2) is 0 Å². The van der Waals surface area contributed by atoms with Crippen LogP contribution >= 0.6 is 0 Å². The monoisotopic (exact) mass is 330 g/mol. The Morgan fingerprint density at radius 3 is 2.79 bits per heavy atom. The van der Waals surface area contributed by atoms with Gasteiger partial charge in [-0.05, 0) is 73.6 Å². The average molecular weight is 330 g/mol. The van der Waals surface area contributed by atoms with Gasteiger partial charge < -0.3 is 14.3 Å². The largest absolute Gasteiger partial charge is 0.497 e. The van der Waals surface area contributed by atoms with E-state index in [1.165, 1.54) is 18.2 Å². The molecule has 3 rings (SSSR count). The van der Waals surface area contributed by atoms with E-state index in [-0.39, 0.29) is 11.9 Å². The number of hydrogen-bond donors (Lipinski definition) is 0. The third kappa shape index (κ3) is 2.62. The van der Waals surface area contributed by atoms with Gasteiger partial charge in [-0.15, -0.1) is 0 Å². The lowest BCUT2D eigenvalue weighted by atomic mass is 9.54. The van der Waals surface area contributed by atoms with Crippen LogP contribution in [0.25, 0.3) is 0 Å². The van der Waals surface area contributed by atoms with E-state index in [9.17, 15) is 9.59 Å². The highest BCUT2D eigenvalue weighted by Crippen LogP contribution is 2.56. The number of aldehydes is 1. The fraction of sp³-hybridized carbons (Fsp3) is 0.600. The van der Waals surface area contributed by atoms with Gasteiger partial charge in [-0.25, -0.2) is 0 Å². The number of benzene rings is 1. The number of aryl methyl sites for hydroxylation is 1. The third-order valence-electron chi connectivity index (χ3n) is 6.33. The number of rotatable bonds is 4. The van der Waals surface area contributed by atoms with E-state index >= 15 is 0 Å². The predicted octanol–water partition coefficient (Wildman–Crippen LogP) is 3.52. The van der Waals surface area contributed by atoms with Gasteiger partial charge in [-0.1, -0.05) is 6.07 Å². The lowest BCUT2D eigenvalue weighted by molar-refractivity contribution is -0.161. The summed E-state index contributed by atoms with van der Waals surface area (Å²) in [5.74, 6) is 1.55. The summed E-state index contributed by atoms with van der Waals surface area (Å²) in [7, 11) is 3.13. The van der Waals surface area contributed by atoms with Crippen molar-refractivity contribution < 1.29 is 19.1 Å². The second-order valence-corrected chi connectivity index (χ2v) is 7.33. The minimum Gasteiger partial charge on any atom is -0.497 e. The van der Waals surface area contributed by atoms with Crippen LogP contribution in [-0.4, -0.2) is 26.5 Å². The maximum atomic E-state index is 12.4. The number of carbonyl (C=O) groups is 2. The minimum absolute atomic E-state index is 0.0523. The third-order valence-corrected chi connectivity index (χ3v) is 6.33. The molecule has 2 aliphatic rings. The van der Waals surface area contributed by atoms with Crippen molar-refractivity contribution in [1.82, 2.24) is 0 Å². The topological polar surface area (TPSA) is 52.6 Å². The zero-order chi connectivity index (χ0) is 17.3. The zero-order valence-corrected chi connectivity index (χ0v) is 14.7. The molecule has 2 aliphatic carbocycles. The molecule has 0 aliphatic heterocycles. The fourth-order valence-electron chi connectivity index (χ4n) is 5.03. The fourth-order valence-corrected chi connectivity index (χ4v) is 5.03. The Kier molecular flexibility index (Phi) is 4.66. The molecule has 0 saturated heterocycles. The maximum Gasteiger partial charge on any atom is 0.311 e. The molecule has 0 bridgehead atoms. The molecule has 130 valence electrons. The second-order valence-electron chi connectivity index (χ2n) is 7.33. The molecule has 4 nitrogen and oxygen atoms in total. The molecule has 4 heteroatoms. The van der Waals surface area contributed by atoms with Gasteiger partial charge in [-0.3, -0.25) is 4.79 Å². The van der Waals surface area contributed by atoms with Crippen LogP contribution in [0, 0.1) is 17.3 Å². The molecule has 1 saturated carbocycles. The van der Waals surface area contributed by atoms with E-state index in [0.29, 0.717) is 18.3 Å². The maximum absolute atomic E-state index is 12.4. The number of ether oxygens (including phenoxy) is 2. The molecule has 1 aromatic carbocycles. The smallest absolute Gasteiger partial charge is 0.311 e. The second kappa shape index (κ2) is 6.58. The Labute approximate surface area is 143 Å². The molecule has 0 amide bonds. The molecule has 24 heavy (non-hydrogen) atoms. The van der Waals surface area contributed by atoms with Crippen molar-refractivity contribution in [2.45, 2.75) is 44.9 Å². The number of esters is 1. The summed E-state index contributed by atoms with van der Waals surface area (Å²) in [5, 5.41) is 0. The van der Waals surface area contributed by atoms with Crippen molar-refractivity contribution in [1.29, 1.82) is 0 Å². The highest BCUT2D eigenvalue weighted by Gasteiger charge is 2.52. The predicted molar refractivity (Wildman–Crippen MR) is 91.1 cm³/mol. The highest BCUT2D eigenvalue weighted by atomic mass is 16.5. The van der Waals surface area contributed by atoms with E-state index in [1.54, 1.807) is 7.11 Å². The first-order chi connectivity index (χ1) is 11.5. The Morgan fingerprint density at radius 1 is 1.33 bits per heavy atom. The molecular weight excluding hydrogens is 304 g/mol. The van der Waals surface area contributed by atoms with Crippen LogP contribution in [-0.2, 0) is 20.7 Å². The summed E-state index contributed by atoms with van der Waals surface area (Å²) >= 11 is 0. The minimum atomic E-state index is -0.555. The van der Waals surface area contributed by atoms with Gasteiger partial charge in [-0.2, -0.15) is 0 Å². The van der Waals surface area contributed by atoms with E-state index in [0.717, 1.165) is 37.7 Å². The molecule has 0 heterocycles. The summed E-state index contributed by atoms with van der Waals surface area (Å²) in [6, 6.07) is 6.32. The lowest BCUT2D eigenvalue weighted by Gasteiger charge is -2.50. The van der Waals surface area contributed by atoms with Crippen LogP contribution in [0.4, 0.5) is 0 Å². The van der Waals surface area contributed by atoms with Gasteiger partial charge in [0.1, 0.15) is 12.0 Å². The van der Waals surface area contributed by atoms with Crippen molar-refractivity contribution in [2.24, 2.45) is 17.3 Å². The van der Waals surface area contributed by atoms with Crippen LogP contribution in [0.5, 0.6) is 5.75 Å². The van der Waals surface area contributed by atoms with Crippen molar-refractivity contribution in [3.8, 4) is 5.75 Å². The number of hydrogen-bond acceptors (Lipinski definition) is 4. The van der Waals surface area contributed by atoms with Gasteiger partial charge in [0, 0.05) is 6.42 Å². The number of carbonyl (C=O) groups excluding carboxylic acids is 2. The zero-order valence-electron chi connectivity index (χ0n) is 14.7. The molecule has 1 aromatic rings. The molecule has 1 fully saturated rings. The quantitative estimate of drug-likeness (QED) is 0.626. The van der Waals surface area contributed by atoms with E-state index in [4.69, 9.17) is 9.47 Å². The van der Waals surface area contributed by atoms with Crippen molar-refractivity contribution >= 4 is 12.3 Å². The lowest BCUT2D eigenvalue weighted by Crippen LogP contribution is -2.47. The Morgan fingerprint density at radius 2 is 2.12 bits per heavy atom. The molecule has 0 radical (unpaired) electrons. The summed E-state index contributed by atoms with van der Waals surface area (Å²) in [5.41, 5.74) is 2.16. The van der Waals surface area contributed by atoms with Crippen LogP contribution in [0.15, 0.2) is 18.2 Å². The van der Waals surface area contributed by atoms with Gasteiger partial charge in [0.05, 0.1) is 19.6 Å². The van der Waals surface area contributed by atoms with Crippen molar-refractivity contribution in [2.75, 3.05) is 14.2 Å². The molecule has 0 N–H and O–H groups in total. The summed E-state index contributed by atoms with van der Waals surface area (Å²) in [6.07, 6.45) is 5.11. The SMILES string of the molecule is COC(=O)[C@@]1(C)CC[C@@H]2c3ccc(OC)cc3CC[C@H]2[C@@H]1CC=O. The first kappa shape index (κ1) is 17.0. The molecule has 0 aromatic heterocycles. The normalized spacial score (nSPS) is 31.5. The van der Waals surface area contributed by atoms with Crippen LogP contribution in [0.2, 0.25) is 0 Å². The first-order valence-electron chi connectivity index (χ1n) is 8.74. The van der Waals surface area contributed by atoms with Gasteiger partial charge >= 0.3 is 5.97 Å². The summed E-state index contributed by atoms with van der Waals surface area (Å²) in [4.78, 5) is 23.7. The van der Waals surface area contributed by atoms with Crippen LogP contribution in [0.3, 0.4) is 0 Å². The summed E-state index contributed by atoms with van der Waals surface area (Å²) < 4.78 is 10.4. The Hall–Kier alpha value is -1.84. The van der Waals surface area contributed by atoms with Crippen LogP contribution < -0.4 is 4.74 Å². The number of fused-ring (bicyclic) bond motifs is 3.